The van der Waals surface area contributed by atoms with Crippen molar-refractivity contribution in [1.29, 1.82) is 0 Å². The largest absolute Gasteiger partial charge is 0.492 e. The van der Waals surface area contributed by atoms with Crippen LogP contribution in [0, 0.1) is 5.41 Å². The third kappa shape index (κ3) is 4.89. The third-order valence-electron chi connectivity index (χ3n) is 3.79. The van der Waals surface area contributed by atoms with Crippen LogP contribution in [0.1, 0.15) is 20.8 Å². The van der Waals surface area contributed by atoms with E-state index in [9.17, 15) is 4.79 Å². The molecule has 0 saturated carbocycles. The van der Waals surface area contributed by atoms with E-state index in [2.05, 4.69) is 4.90 Å². The van der Waals surface area contributed by atoms with Crippen LogP contribution in [0.15, 0.2) is 24.3 Å². The fourth-order valence-corrected chi connectivity index (χ4v) is 2.60. The monoisotopic (exact) mass is 324 g/mol. The highest BCUT2D eigenvalue weighted by Gasteiger charge is 2.29. The van der Waals surface area contributed by atoms with Crippen LogP contribution in [-0.4, -0.2) is 55.0 Å². The van der Waals surface area contributed by atoms with Crippen molar-refractivity contribution in [1.82, 2.24) is 9.80 Å². The summed E-state index contributed by atoms with van der Waals surface area (Å²) in [5.41, 5.74) is -0.292. The van der Waals surface area contributed by atoms with Gasteiger partial charge in [-0.3, -0.25) is 9.69 Å². The van der Waals surface area contributed by atoms with Crippen LogP contribution in [0.4, 0.5) is 0 Å². The van der Waals surface area contributed by atoms with Crippen LogP contribution in [0.5, 0.6) is 5.75 Å². The molecule has 1 amide bonds. The van der Waals surface area contributed by atoms with Gasteiger partial charge in [0.2, 0.25) is 5.91 Å². The first-order valence-electron chi connectivity index (χ1n) is 7.76. The quantitative estimate of drug-likeness (QED) is 0.853. The number of carbonyl (C=O) groups is 1. The first-order chi connectivity index (χ1) is 10.4. The molecular weight excluding hydrogens is 300 g/mol. The lowest BCUT2D eigenvalue weighted by atomic mass is 9.94. The molecule has 2 rings (SSSR count). The van der Waals surface area contributed by atoms with E-state index in [4.69, 9.17) is 16.3 Å². The van der Waals surface area contributed by atoms with Gasteiger partial charge < -0.3 is 9.64 Å². The number of piperazine rings is 1. The lowest BCUT2D eigenvalue weighted by molar-refractivity contribution is -0.141. The van der Waals surface area contributed by atoms with Gasteiger partial charge in [-0.2, -0.15) is 0 Å². The molecule has 1 fully saturated rings. The molecule has 1 heterocycles. The van der Waals surface area contributed by atoms with Gasteiger partial charge in [-0.05, 0) is 24.3 Å². The van der Waals surface area contributed by atoms with Crippen molar-refractivity contribution in [3.8, 4) is 5.75 Å². The van der Waals surface area contributed by atoms with Crippen molar-refractivity contribution in [3.05, 3.63) is 29.3 Å². The Morgan fingerprint density at radius 1 is 1.14 bits per heavy atom. The standard InChI is InChI=1S/C17H25ClN2O2/c1-17(2,3)16(21)20-10-8-19(9-11-20)12-13-22-15-6-4-14(18)5-7-15/h4-7H,8-13H2,1-3H3. The maximum atomic E-state index is 12.2. The van der Waals surface area contributed by atoms with Crippen LogP contribution in [0.3, 0.4) is 0 Å². The lowest BCUT2D eigenvalue weighted by Gasteiger charge is -2.37. The van der Waals surface area contributed by atoms with Crippen LogP contribution >= 0.6 is 11.6 Å². The zero-order valence-electron chi connectivity index (χ0n) is 13.6. The Labute approximate surface area is 138 Å². The normalized spacial score (nSPS) is 16.6. The molecule has 0 N–H and O–H groups in total. The molecule has 0 radical (unpaired) electrons. The Morgan fingerprint density at radius 2 is 1.73 bits per heavy atom. The third-order valence-corrected chi connectivity index (χ3v) is 4.04. The molecule has 1 aliphatic heterocycles. The number of ether oxygens (including phenoxy) is 1. The van der Waals surface area contributed by atoms with Crippen molar-refractivity contribution in [3.63, 3.8) is 0 Å². The Kier molecular flexibility index (Phi) is 5.70. The number of amides is 1. The van der Waals surface area contributed by atoms with E-state index in [1.165, 1.54) is 0 Å². The minimum Gasteiger partial charge on any atom is -0.492 e. The zero-order valence-corrected chi connectivity index (χ0v) is 14.4. The average molecular weight is 325 g/mol. The average Bonchev–Trinajstić information content (AvgIpc) is 2.48. The van der Waals surface area contributed by atoms with Crippen molar-refractivity contribution < 1.29 is 9.53 Å². The highest BCUT2D eigenvalue weighted by atomic mass is 35.5. The van der Waals surface area contributed by atoms with Crippen LogP contribution in [-0.2, 0) is 4.79 Å². The van der Waals surface area contributed by atoms with E-state index in [-0.39, 0.29) is 11.3 Å². The Bertz CT molecular complexity index is 488. The van der Waals surface area contributed by atoms with Gasteiger partial charge in [0.1, 0.15) is 12.4 Å². The summed E-state index contributed by atoms with van der Waals surface area (Å²) >= 11 is 5.84. The SMILES string of the molecule is CC(C)(C)C(=O)N1CCN(CCOc2ccc(Cl)cc2)CC1. The van der Waals surface area contributed by atoms with Gasteiger partial charge in [-0.25, -0.2) is 0 Å². The molecule has 1 aromatic carbocycles. The second-order valence-electron chi connectivity index (χ2n) is 6.69. The van der Waals surface area contributed by atoms with Crippen LogP contribution in [0.25, 0.3) is 0 Å². The van der Waals surface area contributed by atoms with Crippen molar-refractivity contribution in [2.75, 3.05) is 39.3 Å². The van der Waals surface area contributed by atoms with E-state index in [1.807, 2.05) is 49.9 Å². The molecule has 0 spiro atoms. The van der Waals surface area contributed by atoms with Crippen molar-refractivity contribution >= 4 is 17.5 Å². The topological polar surface area (TPSA) is 32.8 Å². The van der Waals surface area contributed by atoms with Crippen LogP contribution < -0.4 is 4.74 Å². The van der Waals surface area contributed by atoms with Gasteiger partial charge in [0.15, 0.2) is 0 Å². The number of halogens is 1. The highest BCUT2D eigenvalue weighted by Crippen LogP contribution is 2.19. The highest BCUT2D eigenvalue weighted by molar-refractivity contribution is 6.30. The first kappa shape index (κ1) is 17.1. The minimum atomic E-state index is -0.292. The zero-order chi connectivity index (χ0) is 16.2. The van der Waals surface area contributed by atoms with E-state index >= 15 is 0 Å². The number of hydrogen-bond donors (Lipinski definition) is 0. The fourth-order valence-electron chi connectivity index (χ4n) is 2.47. The molecule has 5 heteroatoms. The van der Waals surface area contributed by atoms with E-state index in [0.29, 0.717) is 11.6 Å². The summed E-state index contributed by atoms with van der Waals surface area (Å²) in [6.07, 6.45) is 0. The summed E-state index contributed by atoms with van der Waals surface area (Å²) in [5.74, 6) is 1.08. The summed E-state index contributed by atoms with van der Waals surface area (Å²) in [5, 5.41) is 0.715. The molecule has 0 unspecified atom stereocenters. The summed E-state index contributed by atoms with van der Waals surface area (Å²) in [6, 6.07) is 7.41. The van der Waals surface area contributed by atoms with E-state index < -0.39 is 0 Å². The molecule has 1 aliphatic rings. The summed E-state index contributed by atoms with van der Waals surface area (Å²) in [6.45, 7) is 10.9. The molecule has 22 heavy (non-hydrogen) atoms. The molecule has 1 saturated heterocycles. The first-order valence-corrected chi connectivity index (χ1v) is 8.14. The van der Waals surface area contributed by atoms with Gasteiger partial charge in [0.25, 0.3) is 0 Å². The number of nitrogens with zero attached hydrogens (tertiary/aromatic N) is 2. The fraction of sp³-hybridized carbons (Fsp3) is 0.588. The molecule has 1 aromatic rings. The molecule has 0 aliphatic carbocycles. The number of hydrogen-bond acceptors (Lipinski definition) is 3. The summed E-state index contributed by atoms with van der Waals surface area (Å²) in [7, 11) is 0. The molecule has 0 atom stereocenters. The number of benzene rings is 1. The maximum Gasteiger partial charge on any atom is 0.228 e. The molecular formula is C17H25ClN2O2. The predicted molar refractivity (Wildman–Crippen MR) is 89.4 cm³/mol. The minimum absolute atomic E-state index is 0.240. The molecule has 4 nitrogen and oxygen atoms in total. The number of rotatable bonds is 4. The van der Waals surface area contributed by atoms with Crippen molar-refractivity contribution in [2.24, 2.45) is 5.41 Å². The predicted octanol–water partition coefficient (Wildman–Crippen LogP) is 2.91. The van der Waals surface area contributed by atoms with Gasteiger partial charge in [0, 0.05) is 43.2 Å². The van der Waals surface area contributed by atoms with E-state index in [0.717, 1.165) is 38.5 Å². The van der Waals surface area contributed by atoms with E-state index in [1.54, 1.807) is 0 Å². The smallest absolute Gasteiger partial charge is 0.228 e. The summed E-state index contributed by atoms with van der Waals surface area (Å²) in [4.78, 5) is 16.5. The second kappa shape index (κ2) is 7.34. The maximum absolute atomic E-state index is 12.2. The Balaban J connectivity index is 1.69. The van der Waals surface area contributed by atoms with Gasteiger partial charge in [-0.15, -0.1) is 0 Å². The second-order valence-corrected chi connectivity index (χ2v) is 7.12. The van der Waals surface area contributed by atoms with Gasteiger partial charge in [-0.1, -0.05) is 32.4 Å². The molecule has 0 aromatic heterocycles. The van der Waals surface area contributed by atoms with Crippen molar-refractivity contribution in [2.45, 2.75) is 20.8 Å². The van der Waals surface area contributed by atoms with Crippen LogP contribution in [0.2, 0.25) is 5.02 Å². The lowest BCUT2D eigenvalue weighted by Crippen LogP contribution is -2.52. The van der Waals surface area contributed by atoms with Gasteiger partial charge >= 0.3 is 0 Å². The molecule has 122 valence electrons. The van der Waals surface area contributed by atoms with Gasteiger partial charge in [0.05, 0.1) is 0 Å². The Morgan fingerprint density at radius 3 is 2.27 bits per heavy atom. The molecule has 0 bridgehead atoms. The summed E-state index contributed by atoms with van der Waals surface area (Å²) < 4.78 is 5.71. The Hall–Kier alpha value is -1.26. The number of carbonyl (C=O) groups excluding carboxylic acids is 1.